The molecule has 32 heavy (non-hydrogen) atoms. The van der Waals surface area contributed by atoms with Crippen molar-refractivity contribution in [1.29, 1.82) is 0 Å². The molecule has 7 rings (SSSR count). The van der Waals surface area contributed by atoms with Crippen molar-refractivity contribution in [2.75, 3.05) is 0 Å². The molecule has 0 amide bonds. The topological polar surface area (TPSA) is 61.4 Å². The molecule has 7 aromatic rings. The van der Waals surface area contributed by atoms with Crippen molar-refractivity contribution >= 4 is 43.6 Å². The number of hydrogen-bond acceptors (Lipinski definition) is 4. The monoisotopic (exact) mass is 412 g/mol. The zero-order valence-corrected chi connectivity index (χ0v) is 16.9. The van der Waals surface area contributed by atoms with Crippen LogP contribution in [0.4, 0.5) is 0 Å². The van der Waals surface area contributed by atoms with Crippen LogP contribution in [0.25, 0.3) is 55.5 Å². The zero-order valence-electron chi connectivity index (χ0n) is 16.9. The Kier molecular flexibility index (Phi) is 3.46. The van der Waals surface area contributed by atoms with Gasteiger partial charge in [-0.2, -0.15) is 0 Å². The van der Waals surface area contributed by atoms with E-state index in [0.717, 1.165) is 43.6 Å². The summed E-state index contributed by atoms with van der Waals surface area (Å²) in [7, 11) is 0. The summed E-state index contributed by atoms with van der Waals surface area (Å²) in [6.07, 6.45) is 0. The minimum Gasteiger partial charge on any atom is -0.275 e. The fourth-order valence-corrected chi connectivity index (χ4v) is 4.67. The maximum atomic E-state index is 4.51. The van der Waals surface area contributed by atoms with Crippen LogP contribution in [-0.2, 0) is 0 Å². The van der Waals surface area contributed by atoms with Crippen LogP contribution in [0.5, 0.6) is 0 Å². The van der Waals surface area contributed by atoms with Crippen molar-refractivity contribution in [2.45, 2.75) is 0 Å². The van der Waals surface area contributed by atoms with Crippen molar-refractivity contribution < 1.29 is 0 Å². The van der Waals surface area contributed by atoms with Gasteiger partial charge in [-0.15, -0.1) is 20.4 Å². The average molecular weight is 412 g/mol. The molecule has 0 saturated carbocycles. The van der Waals surface area contributed by atoms with E-state index < -0.39 is 0 Å². The Labute approximate surface area is 182 Å². The summed E-state index contributed by atoms with van der Waals surface area (Å²) in [5.74, 6) is 0.902. The predicted molar refractivity (Wildman–Crippen MR) is 126 cm³/mol. The van der Waals surface area contributed by atoms with E-state index in [-0.39, 0.29) is 0 Å². The van der Waals surface area contributed by atoms with Gasteiger partial charge in [0.2, 0.25) is 0 Å². The number of benzene rings is 4. The normalized spacial score (nSPS) is 11.8. The predicted octanol–water partition coefficient (Wildman–Crippen LogP) is 5.46. The number of rotatable bonds is 2. The van der Waals surface area contributed by atoms with Gasteiger partial charge in [-0.05, 0) is 24.3 Å². The fraction of sp³-hybridized carbons (Fsp3) is 0. The molecule has 3 aromatic heterocycles. The van der Waals surface area contributed by atoms with Crippen molar-refractivity contribution in [1.82, 2.24) is 29.5 Å². The molecule has 6 nitrogen and oxygen atoms in total. The van der Waals surface area contributed by atoms with Crippen LogP contribution in [0.1, 0.15) is 0 Å². The van der Waals surface area contributed by atoms with E-state index >= 15 is 0 Å². The summed E-state index contributed by atoms with van der Waals surface area (Å²) in [5.41, 5.74) is 4.12. The Hall–Kier alpha value is -4.58. The first-order chi connectivity index (χ1) is 15.9. The van der Waals surface area contributed by atoms with E-state index in [1.165, 1.54) is 0 Å². The van der Waals surface area contributed by atoms with E-state index in [0.29, 0.717) is 11.9 Å². The van der Waals surface area contributed by atoms with Crippen LogP contribution in [0.15, 0.2) is 97.1 Å². The van der Waals surface area contributed by atoms with E-state index in [2.05, 4.69) is 68.9 Å². The molecular weight excluding hydrogens is 396 g/mol. The summed E-state index contributed by atoms with van der Waals surface area (Å²) in [5, 5.41) is 22.6. The molecule has 0 atom stereocenters. The molecule has 0 aliphatic carbocycles. The number of para-hydroxylation sites is 4. The highest BCUT2D eigenvalue weighted by Gasteiger charge is 2.17. The van der Waals surface area contributed by atoms with Crippen LogP contribution < -0.4 is 0 Å². The third-order valence-corrected chi connectivity index (χ3v) is 6.02. The Balaban J connectivity index is 1.47. The first kappa shape index (κ1) is 17.1. The molecule has 0 radical (unpaired) electrons. The van der Waals surface area contributed by atoms with E-state index in [1.54, 1.807) is 0 Å². The van der Waals surface area contributed by atoms with Crippen LogP contribution in [-0.4, -0.2) is 29.5 Å². The Morgan fingerprint density at radius 2 is 0.594 bits per heavy atom. The van der Waals surface area contributed by atoms with Crippen LogP contribution in [0.2, 0.25) is 0 Å². The molecule has 0 N–H and O–H groups in total. The first-order valence-electron chi connectivity index (χ1n) is 10.4. The molecule has 0 spiro atoms. The molecule has 150 valence electrons. The first-order valence-corrected chi connectivity index (χ1v) is 10.4. The van der Waals surface area contributed by atoms with Gasteiger partial charge in [0.1, 0.15) is 0 Å². The quantitative estimate of drug-likeness (QED) is 0.378. The van der Waals surface area contributed by atoms with E-state index in [1.807, 2.05) is 57.7 Å². The van der Waals surface area contributed by atoms with Gasteiger partial charge in [-0.25, -0.2) is 0 Å². The summed E-state index contributed by atoms with van der Waals surface area (Å²) in [6.45, 7) is 0. The largest absolute Gasteiger partial charge is 0.275 e. The second-order valence-electron chi connectivity index (χ2n) is 7.74. The van der Waals surface area contributed by atoms with Gasteiger partial charge < -0.3 is 0 Å². The highest BCUT2D eigenvalue weighted by atomic mass is 15.4. The van der Waals surface area contributed by atoms with E-state index in [4.69, 9.17) is 0 Å². The standard InChI is InChI=1S/C26H16N6/c1-5-13-21-17(9-1)18-10-2-6-14-22(18)31(21)25-27-29-26(30-28-25)32-23-15-7-3-11-19(23)20-12-4-8-16-24(20)32/h1-16H. The lowest BCUT2D eigenvalue weighted by atomic mass is 10.2. The van der Waals surface area contributed by atoms with Crippen LogP contribution in [0, 0.1) is 0 Å². The Morgan fingerprint density at radius 3 is 0.875 bits per heavy atom. The molecule has 0 aliphatic rings. The second kappa shape index (κ2) is 6.46. The Bertz CT molecular complexity index is 1540. The molecule has 0 unspecified atom stereocenters. The van der Waals surface area contributed by atoms with Gasteiger partial charge in [0.15, 0.2) is 0 Å². The lowest BCUT2D eigenvalue weighted by molar-refractivity contribution is 0.766. The lowest BCUT2D eigenvalue weighted by Gasteiger charge is -2.07. The minimum atomic E-state index is 0.451. The molecular formula is C26H16N6. The van der Waals surface area contributed by atoms with Crippen molar-refractivity contribution in [2.24, 2.45) is 0 Å². The van der Waals surface area contributed by atoms with Crippen molar-refractivity contribution in [3.05, 3.63) is 97.1 Å². The summed E-state index contributed by atoms with van der Waals surface area (Å²) in [6, 6.07) is 33.0. The van der Waals surface area contributed by atoms with E-state index in [9.17, 15) is 0 Å². The van der Waals surface area contributed by atoms with Crippen LogP contribution >= 0.6 is 0 Å². The number of nitrogens with zero attached hydrogens (tertiary/aromatic N) is 6. The van der Waals surface area contributed by atoms with Crippen molar-refractivity contribution in [3.8, 4) is 11.9 Å². The lowest BCUT2D eigenvalue weighted by Crippen LogP contribution is -2.09. The van der Waals surface area contributed by atoms with Gasteiger partial charge in [-0.1, -0.05) is 72.8 Å². The van der Waals surface area contributed by atoms with Crippen molar-refractivity contribution in [3.63, 3.8) is 0 Å². The van der Waals surface area contributed by atoms with Gasteiger partial charge in [0.05, 0.1) is 22.1 Å². The summed E-state index contributed by atoms with van der Waals surface area (Å²) in [4.78, 5) is 0. The molecule has 6 heteroatoms. The number of aromatic nitrogens is 6. The maximum Gasteiger partial charge on any atom is 0.273 e. The third kappa shape index (κ3) is 2.29. The highest BCUT2D eigenvalue weighted by Crippen LogP contribution is 2.32. The molecule has 0 bridgehead atoms. The zero-order chi connectivity index (χ0) is 21.1. The molecule has 3 heterocycles. The minimum absolute atomic E-state index is 0.451. The molecule has 0 aliphatic heterocycles. The average Bonchev–Trinajstić information content (AvgIpc) is 3.38. The summed E-state index contributed by atoms with van der Waals surface area (Å²) >= 11 is 0. The van der Waals surface area contributed by atoms with Gasteiger partial charge in [0, 0.05) is 21.5 Å². The Morgan fingerprint density at radius 1 is 0.344 bits per heavy atom. The highest BCUT2D eigenvalue weighted by molar-refractivity contribution is 6.09. The number of hydrogen-bond donors (Lipinski definition) is 0. The maximum absolute atomic E-state index is 4.51. The molecule has 0 saturated heterocycles. The summed E-state index contributed by atoms with van der Waals surface area (Å²) < 4.78 is 4.03. The third-order valence-electron chi connectivity index (χ3n) is 6.02. The second-order valence-corrected chi connectivity index (χ2v) is 7.74. The van der Waals surface area contributed by atoms with Gasteiger partial charge in [0.25, 0.3) is 11.9 Å². The van der Waals surface area contributed by atoms with Crippen LogP contribution in [0.3, 0.4) is 0 Å². The number of fused-ring (bicyclic) bond motifs is 6. The van der Waals surface area contributed by atoms with Gasteiger partial charge in [-0.3, -0.25) is 9.13 Å². The SMILES string of the molecule is c1ccc2c(c1)c1ccccc1n2-c1nnc(-n2c3ccccc3c3ccccc32)nn1. The van der Waals surface area contributed by atoms with Gasteiger partial charge >= 0.3 is 0 Å². The molecule has 4 aromatic carbocycles. The molecule has 0 fully saturated rings. The smallest absolute Gasteiger partial charge is 0.273 e. The fourth-order valence-electron chi connectivity index (χ4n) is 4.67.